The van der Waals surface area contributed by atoms with Gasteiger partial charge < -0.3 is 15.5 Å². The Balaban J connectivity index is 1.33. The molecule has 0 spiro atoms. The maximum absolute atomic E-state index is 11.7. The van der Waals surface area contributed by atoms with Gasteiger partial charge in [-0.2, -0.15) is 0 Å². The Bertz CT molecular complexity index is 659. The van der Waals surface area contributed by atoms with Gasteiger partial charge >= 0.3 is 6.03 Å². The van der Waals surface area contributed by atoms with E-state index in [0.717, 1.165) is 57.2 Å². The second kappa shape index (κ2) is 11.5. The van der Waals surface area contributed by atoms with E-state index in [1.165, 1.54) is 19.3 Å². The van der Waals surface area contributed by atoms with Crippen molar-refractivity contribution in [3.05, 3.63) is 28.2 Å². The summed E-state index contributed by atoms with van der Waals surface area (Å²) in [5, 5.41) is 7.11. The Morgan fingerprint density at radius 2 is 1.79 bits per heavy atom. The standard InChI is InChI=1S/C21H31Cl3N4O/c22-9-10-25-21(29)26-17-6-4-16(5-7-17)8-11-27-12-14-28(15-13-27)19-3-1-2-18(23)20(19)24/h1-3,16-17H,4-15H2,(H2,25,26,29). The first-order chi connectivity index (χ1) is 14.1. The van der Waals surface area contributed by atoms with Crippen molar-refractivity contribution in [2.75, 3.05) is 50.0 Å². The molecule has 2 amide bonds. The molecule has 2 aliphatic rings. The van der Waals surface area contributed by atoms with Gasteiger partial charge in [-0.15, -0.1) is 11.6 Å². The van der Waals surface area contributed by atoms with Gasteiger partial charge in [0.05, 0.1) is 15.7 Å². The highest BCUT2D eigenvalue weighted by Gasteiger charge is 2.24. The minimum atomic E-state index is -0.0909. The highest BCUT2D eigenvalue weighted by molar-refractivity contribution is 6.43. The highest BCUT2D eigenvalue weighted by atomic mass is 35.5. The largest absolute Gasteiger partial charge is 0.368 e. The molecular weight excluding hydrogens is 431 g/mol. The molecule has 8 heteroatoms. The van der Waals surface area contributed by atoms with Gasteiger partial charge in [0, 0.05) is 44.6 Å². The number of halogens is 3. The van der Waals surface area contributed by atoms with Gasteiger partial charge in [-0.05, 0) is 56.7 Å². The molecule has 1 aromatic rings. The Morgan fingerprint density at radius 1 is 1.07 bits per heavy atom. The Morgan fingerprint density at radius 3 is 2.48 bits per heavy atom. The monoisotopic (exact) mass is 460 g/mol. The fraction of sp³-hybridized carbons (Fsp3) is 0.667. The summed E-state index contributed by atoms with van der Waals surface area (Å²) in [6, 6.07) is 6.05. The van der Waals surface area contributed by atoms with Crippen molar-refractivity contribution in [3.63, 3.8) is 0 Å². The van der Waals surface area contributed by atoms with E-state index in [1.54, 1.807) is 0 Å². The van der Waals surface area contributed by atoms with Crippen molar-refractivity contribution >= 4 is 46.5 Å². The lowest BCUT2D eigenvalue weighted by Crippen LogP contribution is -2.47. The van der Waals surface area contributed by atoms with E-state index >= 15 is 0 Å². The summed E-state index contributed by atoms with van der Waals surface area (Å²) in [6.07, 6.45) is 5.76. The van der Waals surface area contributed by atoms with Gasteiger partial charge in [0.2, 0.25) is 0 Å². The summed E-state index contributed by atoms with van der Waals surface area (Å²) >= 11 is 18.1. The smallest absolute Gasteiger partial charge is 0.315 e. The van der Waals surface area contributed by atoms with Crippen molar-refractivity contribution in [3.8, 4) is 0 Å². The number of carbonyl (C=O) groups excluding carboxylic acids is 1. The summed E-state index contributed by atoms with van der Waals surface area (Å²) < 4.78 is 0. The third kappa shape index (κ3) is 6.81. The maximum atomic E-state index is 11.7. The first-order valence-corrected chi connectivity index (χ1v) is 11.9. The number of anilines is 1. The summed E-state index contributed by atoms with van der Waals surface area (Å²) in [5.41, 5.74) is 1.04. The lowest BCUT2D eigenvalue weighted by atomic mass is 9.84. The fourth-order valence-corrected chi connectivity index (χ4v) is 4.82. The number of hydrogen-bond acceptors (Lipinski definition) is 3. The van der Waals surface area contributed by atoms with Gasteiger partial charge in [-0.25, -0.2) is 4.79 Å². The number of alkyl halides is 1. The number of hydrogen-bond donors (Lipinski definition) is 2. The first kappa shape index (κ1) is 22.8. The Kier molecular flexibility index (Phi) is 9.04. The summed E-state index contributed by atoms with van der Waals surface area (Å²) in [5.74, 6) is 1.21. The molecule has 3 rings (SSSR count). The lowest BCUT2D eigenvalue weighted by Gasteiger charge is -2.37. The van der Waals surface area contributed by atoms with Crippen LogP contribution in [0.3, 0.4) is 0 Å². The maximum Gasteiger partial charge on any atom is 0.315 e. The summed E-state index contributed by atoms with van der Waals surface area (Å²) in [4.78, 5) is 16.6. The van der Waals surface area contributed by atoms with Crippen LogP contribution in [0.25, 0.3) is 0 Å². The van der Waals surface area contributed by atoms with Gasteiger partial charge in [-0.3, -0.25) is 4.90 Å². The van der Waals surface area contributed by atoms with Crippen LogP contribution in [0.1, 0.15) is 32.1 Å². The summed E-state index contributed by atoms with van der Waals surface area (Å²) in [7, 11) is 0. The van der Waals surface area contributed by atoms with Crippen LogP contribution in [0.15, 0.2) is 18.2 Å². The molecule has 1 aliphatic carbocycles. The SMILES string of the molecule is O=C(NCCCl)NC1CCC(CCN2CCN(c3cccc(Cl)c3Cl)CC2)CC1. The number of carbonyl (C=O) groups is 1. The molecule has 1 saturated carbocycles. The Labute approximate surface area is 189 Å². The lowest BCUT2D eigenvalue weighted by molar-refractivity contribution is 0.205. The minimum Gasteiger partial charge on any atom is -0.368 e. The van der Waals surface area contributed by atoms with E-state index in [1.807, 2.05) is 18.2 Å². The van der Waals surface area contributed by atoms with Crippen molar-refractivity contribution in [1.29, 1.82) is 0 Å². The van der Waals surface area contributed by atoms with E-state index in [2.05, 4.69) is 20.4 Å². The van der Waals surface area contributed by atoms with Crippen molar-refractivity contribution in [1.82, 2.24) is 15.5 Å². The summed E-state index contributed by atoms with van der Waals surface area (Å²) in [6.45, 7) is 5.73. The van der Waals surface area contributed by atoms with E-state index in [0.29, 0.717) is 28.5 Å². The van der Waals surface area contributed by atoms with E-state index in [-0.39, 0.29) is 6.03 Å². The number of nitrogens with zero attached hydrogens (tertiary/aromatic N) is 2. The number of rotatable bonds is 7. The van der Waals surface area contributed by atoms with E-state index < -0.39 is 0 Å². The quantitative estimate of drug-likeness (QED) is 0.583. The fourth-order valence-electron chi connectivity index (χ4n) is 4.31. The van der Waals surface area contributed by atoms with Crippen molar-refractivity contribution < 1.29 is 4.79 Å². The van der Waals surface area contributed by atoms with Gasteiger partial charge in [0.25, 0.3) is 0 Å². The molecule has 0 unspecified atom stereocenters. The molecule has 2 fully saturated rings. The minimum absolute atomic E-state index is 0.0909. The first-order valence-electron chi connectivity index (χ1n) is 10.6. The molecular formula is C21H31Cl3N4O. The zero-order valence-electron chi connectivity index (χ0n) is 16.8. The zero-order chi connectivity index (χ0) is 20.6. The normalized spacial score (nSPS) is 23.1. The zero-order valence-corrected chi connectivity index (χ0v) is 19.1. The van der Waals surface area contributed by atoms with E-state index in [4.69, 9.17) is 34.8 Å². The molecule has 1 aliphatic heterocycles. The van der Waals surface area contributed by atoms with Crippen LogP contribution in [0.5, 0.6) is 0 Å². The van der Waals surface area contributed by atoms with Gasteiger partial charge in [-0.1, -0.05) is 29.3 Å². The van der Waals surface area contributed by atoms with E-state index in [9.17, 15) is 4.79 Å². The van der Waals surface area contributed by atoms with Crippen LogP contribution < -0.4 is 15.5 Å². The Hall–Kier alpha value is -0.880. The van der Waals surface area contributed by atoms with Crippen LogP contribution in [-0.2, 0) is 0 Å². The van der Waals surface area contributed by atoms with Gasteiger partial charge in [0.15, 0.2) is 0 Å². The van der Waals surface area contributed by atoms with Gasteiger partial charge in [0.1, 0.15) is 0 Å². The van der Waals surface area contributed by atoms with Crippen LogP contribution in [0, 0.1) is 5.92 Å². The molecule has 0 bridgehead atoms. The van der Waals surface area contributed by atoms with Crippen molar-refractivity contribution in [2.45, 2.75) is 38.1 Å². The molecule has 1 aromatic carbocycles. The molecule has 0 aromatic heterocycles. The number of nitrogens with one attached hydrogen (secondary N) is 2. The van der Waals surface area contributed by atoms with Crippen molar-refractivity contribution in [2.24, 2.45) is 5.92 Å². The third-order valence-corrected chi connectivity index (χ3v) is 7.06. The predicted molar refractivity (Wildman–Crippen MR) is 123 cm³/mol. The molecule has 0 atom stereocenters. The molecule has 0 radical (unpaired) electrons. The number of piperazine rings is 1. The molecule has 2 N–H and O–H groups in total. The average Bonchev–Trinajstić information content (AvgIpc) is 2.74. The van der Waals surface area contributed by atoms with Crippen LogP contribution in [0.4, 0.5) is 10.5 Å². The second-order valence-corrected chi connectivity index (χ2v) is 9.16. The van der Waals surface area contributed by atoms with Crippen LogP contribution >= 0.6 is 34.8 Å². The molecule has 1 saturated heterocycles. The second-order valence-electron chi connectivity index (χ2n) is 8.00. The molecule has 1 heterocycles. The predicted octanol–water partition coefficient (Wildman–Crippen LogP) is 4.60. The topological polar surface area (TPSA) is 47.6 Å². The molecule has 29 heavy (non-hydrogen) atoms. The number of amides is 2. The van der Waals surface area contributed by atoms with Crippen LogP contribution in [0.2, 0.25) is 10.0 Å². The third-order valence-electron chi connectivity index (χ3n) is 6.06. The molecule has 5 nitrogen and oxygen atoms in total. The highest BCUT2D eigenvalue weighted by Crippen LogP contribution is 2.33. The van der Waals surface area contributed by atoms with Crippen LogP contribution in [-0.4, -0.2) is 62.1 Å². The molecule has 162 valence electrons. The number of benzene rings is 1. The average molecular weight is 462 g/mol. The number of urea groups is 1.